The molecule has 0 aliphatic heterocycles. The number of guanidine groups is 1. The van der Waals surface area contributed by atoms with Crippen LogP contribution in [-0.4, -0.2) is 32.3 Å². The minimum absolute atomic E-state index is 0. The maximum Gasteiger partial charge on any atom is 0.391 e. The highest BCUT2D eigenvalue weighted by molar-refractivity contribution is 14.0. The maximum atomic E-state index is 13.6. The van der Waals surface area contributed by atoms with Gasteiger partial charge in [0.25, 0.3) is 0 Å². The van der Waals surface area contributed by atoms with Gasteiger partial charge in [0.05, 0.1) is 12.5 Å². The lowest BCUT2D eigenvalue weighted by molar-refractivity contribution is -0.183. The Morgan fingerprint density at radius 1 is 1.30 bits per heavy atom. The largest absolute Gasteiger partial charge is 0.391 e. The fraction of sp³-hybridized carbons (Fsp3) is 0.611. The van der Waals surface area contributed by atoms with Gasteiger partial charge in [-0.2, -0.15) is 13.2 Å². The van der Waals surface area contributed by atoms with E-state index in [1.165, 1.54) is 13.2 Å². The standard InChI is InChI=1S/C18H25F4N3O.HI/c1-23-17(25-15-5-3-4-14(9-15)18(20,21)22)24-10-12-6-7-16(19)13(8-12)11-26-2;/h6-8,14-15H,3-5,9-11H2,1-2H3,(H2,23,24,25);1H. The quantitative estimate of drug-likeness (QED) is 0.272. The van der Waals surface area contributed by atoms with Crippen molar-refractivity contribution in [3.05, 3.63) is 35.1 Å². The number of nitrogens with zero attached hydrogens (tertiary/aromatic N) is 1. The van der Waals surface area contributed by atoms with Crippen molar-refractivity contribution < 1.29 is 22.3 Å². The van der Waals surface area contributed by atoms with Crippen LogP contribution >= 0.6 is 24.0 Å². The Kier molecular flexibility index (Phi) is 9.78. The molecule has 0 saturated heterocycles. The topological polar surface area (TPSA) is 45.7 Å². The lowest BCUT2D eigenvalue weighted by Gasteiger charge is -2.31. The summed E-state index contributed by atoms with van der Waals surface area (Å²) in [6.07, 6.45) is -2.69. The van der Waals surface area contributed by atoms with Crippen LogP contribution in [0.25, 0.3) is 0 Å². The van der Waals surface area contributed by atoms with E-state index in [9.17, 15) is 17.6 Å². The van der Waals surface area contributed by atoms with Crippen LogP contribution in [0.3, 0.4) is 0 Å². The zero-order valence-electron chi connectivity index (χ0n) is 15.4. The molecule has 1 aromatic carbocycles. The smallest absolute Gasteiger partial charge is 0.380 e. The van der Waals surface area contributed by atoms with Crippen molar-refractivity contribution in [2.24, 2.45) is 10.9 Å². The first kappa shape index (κ1) is 23.9. The van der Waals surface area contributed by atoms with Gasteiger partial charge in [0.15, 0.2) is 5.96 Å². The van der Waals surface area contributed by atoms with Gasteiger partial charge in [0, 0.05) is 32.3 Å². The van der Waals surface area contributed by atoms with Gasteiger partial charge in [0.2, 0.25) is 0 Å². The summed E-state index contributed by atoms with van der Waals surface area (Å²) in [5.74, 6) is -1.16. The molecule has 2 unspecified atom stereocenters. The van der Waals surface area contributed by atoms with Gasteiger partial charge in [-0.3, -0.25) is 4.99 Å². The summed E-state index contributed by atoms with van der Waals surface area (Å²) in [4.78, 5) is 4.08. The monoisotopic (exact) mass is 503 g/mol. The molecule has 9 heteroatoms. The molecule has 2 N–H and O–H groups in total. The van der Waals surface area contributed by atoms with Crippen molar-refractivity contribution >= 4 is 29.9 Å². The molecule has 4 nitrogen and oxygen atoms in total. The molecule has 2 rings (SSSR count). The first-order chi connectivity index (χ1) is 12.3. The molecule has 1 saturated carbocycles. The fourth-order valence-corrected chi connectivity index (χ4v) is 3.20. The number of nitrogens with one attached hydrogen (secondary N) is 2. The maximum absolute atomic E-state index is 13.6. The zero-order valence-corrected chi connectivity index (χ0v) is 17.7. The highest BCUT2D eigenvalue weighted by atomic mass is 127. The average molecular weight is 503 g/mol. The summed E-state index contributed by atoms with van der Waals surface area (Å²) < 4.78 is 57.4. The third-order valence-corrected chi connectivity index (χ3v) is 4.57. The van der Waals surface area contributed by atoms with E-state index in [1.54, 1.807) is 19.2 Å². The normalized spacial score (nSPS) is 20.7. The Balaban J connectivity index is 0.00000364. The van der Waals surface area contributed by atoms with Crippen LogP contribution in [0.2, 0.25) is 0 Å². The van der Waals surface area contributed by atoms with E-state index in [-0.39, 0.29) is 55.3 Å². The van der Waals surface area contributed by atoms with E-state index in [2.05, 4.69) is 15.6 Å². The number of hydrogen-bond donors (Lipinski definition) is 2. The predicted molar refractivity (Wildman–Crippen MR) is 108 cm³/mol. The van der Waals surface area contributed by atoms with Crippen molar-refractivity contribution in [2.45, 2.75) is 51.1 Å². The Bertz CT molecular complexity index is 625. The van der Waals surface area contributed by atoms with E-state index in [4.69, 9.17) is 4.74 Å². The third-order valence-electron chi connectivity index (χ3n) is 4.57. The molecule has 1 aromatic rings. The van der Waals surface area contributed by atoms with Crippen LogP contribution in [0.15, 0.2) is 23.2 Å². The number of methoxy groups -OCH3 is 1. The highest BCUT2D eigenvalue weighted by Crippen LogP contribution is 2.37. The van der Waals surface area contributed by atoms with Crippen LogP contribution in [0.5, 0.6) is 0 Å². The molecule has 0 bridgehead atoms. The van der Waals surface area contributed by atoms with Gasteiger partial charge in [-0.05, 0) is 37.0 Å². The van der Waals surface area contributed by atoms with Crippen LogP contribution in [0.4, 0.5) is 17.6 Å². The second kappa shape index (κ2) is 11.0. The second-order valence-corrected chi connectivity index (χ2v) is 6.53. The summed E-state index contributed by atoms with van der Waals surface area (Å²) in [6, 6.07) is 4.45. The van der Waals surface area contributed by atoms with E-state index < -0.39 is 12.1 Å². The first-order valence-corrected chi connectivity index (χ1v) is 8.63. The zero-order chi connectivity index (χ0) is 19.2. The number of alkyl halides is 3. The summed E-state index contributed by atoms with van der Waals surface area (Å²) >= 11 is 0. The molecule has 154 valence electrons. The van der Waals surface area contributed by atoms with Gasteiger partial charge in [-0.15, -0.1) is 24.0 Å². The van der Waals surface area contributed by atoms with Crippen LogP contribution in [0, 0.1) is 11.7 Å². The van der Waals surface area contributed by atoms with Crippen LogP contribution in [0.1, 0.15) is 36.8 Å². The minimum Gasteiger partial charge on any atom is -0.380 e. The summed E-state index contributed by atoms with van der Waals surface area (Å²) in [7, 11) is 3.06. The fourth-order valence-electron chi connectivity index (χ4n) is 3.20. The van der Waals surface area contributed by atoms with Crippen molar-refractivity contribution in [3.63, 3.8) is 0 Å². The van der Waals surface area contributed by atoms with E-state index in [0.29, 0.717) is 30.9 Å². The van der Waals surface area contributed by atoms with Crippen LogP contribution in [-0.2, 0) is 17.9 Å². The van der Waals surface area contributed by atoms with Crippen LogP contribution < -0.4 is 10.6 Å². The Labute approximate surface area is 174 Å². The number of ether oxygens (including phenoxy) is 1. The summed E-state index contributed by atoms with van der Waals surface area (Å²) in [5.41, 5.74) is 1.29. The van der Waals surface area contributed by atoms with Gasteiger partial charge in [-0.1, -0.05) is 12.5 Å². The molecule has 1 aliphatic carbocycles. The molecule has 0 amide bonds. The summed E-state index contributed by atoms with van der Waals surface area (Å²) in [5, 5.41) is 6.14. The van der Waals surface area contributed by atoms with Crippen molar-refractivity contribution in [1.82, 2.24) is 10.6 Å². The third kappa shape index (κ3) is 7.44. The number of rotatable bonds is 5. The number of hydrogen-bond acceptors (Lipinski definition) is 2. The molecule has 0 aromatic heterocycles. The average Bonchev–Trinajstić information content (AvgIpc) is 2.60. The van der Waals surface area contributed by atoms with Gasteiger partial charge < -0.3 is 15.4 Å². The van der Waals surface area contributed by atoms with E-state index in [0.717, 1.165) is 5.56 Å². The Morgan fingerprint density at radius 3 is 2.67 bits per heavy atom. The van der Waals surface area contributed by atoms with Gasteiger partial charge in [-0.25, -0.2) is 4.39 Å². The molecule has 0 radical (unpaired) electrons. The Hall–Kier alpha value is -1.10. The molecule has 0 spiro atoms. The van der Waals surface area contributed by atoms with Crippen molar-refractivity contribution in [2.75, 3.05) is 14.2 Å². The second-order valence-electron chi connectivity index (χ2n) is 6.53. The lowest BCUT2D eigenvalue weighted by Crippen LogP contribution is -2.46. The van der Waals surface area contributed by atoms with E-state index >= 15 is 0 Å². The highest BCUT2D eigenvalue weighted by Gasteiger charge is 2.42. The van der Waals surface area contributed by atoms with Gasteiger partial charge >= 0.3 is 6.18 Å². The first-order valence-electron chi connectivity index (χ1n) is 8.63. The lowest BCUT2D eigenvalue weighted by atomic mass is 9.85. The van der Waals surface area contributed by atoms with Crippen molar-refractivity contribution in [3.8, 4) is 0 Å². The predicted octanol–water partition coefficient (Wildman–Crippen LogP) is 4.38. The molecule has 1 aliphatic rings. The van der Waals surface area contributed by atoms with E-state index in [1.807, 2.05) is 0 Å². The van der Waals surface area contributed by atoms with Gasteiger partial charge in [0.1, 0.15) is 5.82 Å². The number of halogens is 5. The Morgan fingerprint density at radius 2 is 2.04 bits per heavy atom. The molecular weight excluding hydrogens is 477 g/mol. The molecule has 0 heterocycles. The molecular formula is C18H26F4IN3O. The minimum atomic E-state index is -4.15. The van der Waals surface area contributed by atoms with Crippen molar-refractivity contribution in [1.29, 1.82) is 0 Å². The number of benzene rings is 1. The SMILES string of the molecule is CN=C(NCc1ccc(F)c(COC)c1)NC1CCCC(C(F)(F)F)C1.I. The molecule has 27 heavy (non-hydrogen) atoms. The number of aliphatic imine (C=N–C) groups is 1. The summed E-state index contributed by atoms with van der Waals surface area (Å²) in [6.45, 7) is 0.555. The molecule has 2 atom stereocenters. The molecule has 1 fully saturated rings.